The highest BCUT2D eigenvalue weighted by atomic mass is 35.5. The molecule has 10 nitrogen and oxygen atoms in total. The maximum atomic E-state index is 12.5. The molecule has 0 radical (unpaired) electrons. The Labute approximate surface area is 221 Å². The molecular weight excluding hydrogens is 516 g/mol. The SMILES string of the molecule is C=C(N)c1ncn(CCCCOC(=O)NCc2ccc(S(=O)(=O)Nc3ccccc3)cc2)c1N=C(C)Cl. The first-order chi connectivity index (χ1) is 17.7. The molecule has 0 unspecified atom stereocenters. The molecule has 0 aliphatic rings. The van der Waals surface area contributed by atoms with Crippen LogP contribution in [0.5, 0.6) is 0 Å². The lowest BCUT2D eigenvalue weighted by molar-refractivity contribution is 0.143. The van der Waals surface area contributed by atoms with E-state index in [9.17, 15) is 13.2 Å². The maximum absolute atomic E-state index is 12.5. The first-order valence-corrected chi connectivity index (χ1v) is 13.3. The first-order valence-electron chi connectivity index (χ1n) is 11.4. The lowest BCUT2D eigenvalue weighted by Gasteiger charge is -2.10. The van der Waals surface area contributed by atoms with Crippen molar-refractivity contribution >= 4 is 50.1 Å². The Kier molecular flexibility index (Phi) is 9.70. The molecule has 0 aliphatic heterocycles. The zero-order chi connectivity index (χ0) is 26.8. The molecule has 3 aromatic rings. The van der Waals surface area contributed by atoms with Crippen LogP contribution in [0.2, 0.25) is 0 Å². The van der Waals surface area contributed by atoms with E-state index in [0.717, 1.165) is 5.56 Å². The Morgan fingerprint density at radius 3 is 2.51 bits per heavy atom. The predicted molar refractivity (Wildman–Crippen MR) is 145 cm³/mol. The Balaban J connectivity index is 1.40. The number of alkyl carbamates (subject to hydrolysis) is 1. The fourth-order valence-electron chi connectivity index (χ4n) is 3.31. The lowest BCUT2D eigenvalue weighted by Crippen LogP contribution is -2.24. The molecule has 0 aliphatic carbocycles. The molecule has 3 rings (SSSR count). The van der Waals surface area contributed by atoms with E-state index in [2.05, 4.69) is 26.6 Å². The zero-order valence-corrected chi connectivity index (χ0v) is 21.9. The number of amides is 1. The minimum absolute atomic E-state index is 0.124. The standard InChI is InChI=1S/C25H29ClN6O4S/c1-18(27)23-24(30-19(2)26)32(17-29-23)14-6-7-15-36-25(33)28-16-20-10-12-22(13-11-20)37(34,35)31-21-8-4-3-5-9-21/h3-5,8-13,17,31H,1,6-7,14-16,27H2,2H3,(H,28,33). The number of hydrogen-bond acceptors (Lipinski definition) is 7. The van der Waals surface area contributed by atoms with Crippen molar-refractivity contribution in [2.24, 2.45) is 10.7 Å². The molecule has 196 valence electrons. The number of anilines is 1. The van der Waals surface area contributed by atoms with E-state index in [4.69, 9.17) is 22.1 Å². The van der Waals surface area contributed by atoms with Crippen molar-refractivity contribution in [3.8, 4) is 0 Å². The summed E-state index contributed by atoms with van der Waals surface area (Å²) in [6.45, 7) is 6.38. The van der Waals surface area contributed by atoms with E-state index in [1.807, 2.05) is 4.57 Å². The number of imidazole rings is 1. The Bertz CT molecular complexity index is 1350. The van der Waals surface area contributed by atoms with Crippen LogP contribution in [-0.2, 0) is 27.8 Å². The van der Waals surface area contributed by atoms with Gasteiger partial charge in [-0.1, -0.05) is 48.5 Å². The number of rotatable bonds is 12. The van der Waals surface area contributed by atoms with Gasteiger partial charge in [0.1, 0.15) is 10.9 Å². The average Bonchev–Trinajstić information content (AvgIpc) is 3.25. The summed E-state index contributed by atoms with van der Waals surface area (Å²) in [5.41, 5.74) is 7.75. The van der Waals surface area contributed by atoms with Crippen molar-refractivity contribution < 1.29 is 17.9 Å². The monoisotopic (exact) mass is 544 g/mol. The fraction of sp³-hybridized carbons (Fsp3) is 0.240. The van der Waals surface area contributed by atoms with E-state index in [-0.39, 0.29) is 18.0 Å². The van der Waals surface area contributed by atoms with E-state index in [1.165, 1.54) is 12.1 Å². The van der Waals surface area contributed by atoms with Crippen LogP contribution < -0.4 is 15.8 Å². The summed E-state index contributed by atoms with van der Waals surface area (Å²) in [6.07, 6.45) is 2.38. The predicted octanol–water partition coefficient (Wildman–Crippen LogP) is 4.61. The smallest absolute Gasteiger partial charge is 0.407 e. The highest BCUT2D eigenvalue weighted by molar-refractivity contribution is 7.92. The highest BCUT2D eigenvalue weighted by Gasteiger charge is 2.14. The van der Waals surface area contributed by atoms with Crippen LogP contribution in [0, 0.1) is 0 Å². The number of para-hydroxylation sites is 1. The average molecular weight is 545 g/mol. The zero-order valence-electron chi connectivity index (χ0n) is 20.4. The van der Waals surface area contributed by atoms with Gasteiger partial charge in [0.25, 0.3) is 10.0 Å². The number of hydrogen-bond donors (Lipinski definition) is 3. The molecule has 1 heterocycles. The van der Waals surface area contributed by atoms with Gasteiger partial charge < -0.3 is 20.4 Å². The van der Waals surface area contributed by atoms with Crippen molar-refractivity contribution in [3.05, 3.63) is 78.8 Å². The van der Waals surface area contributed by atoms with Crippen molar-refractivity contribution in [1.82, 2.24) is 14.9 Å². The molecular formula is C25H29ClN6O4S. The van der Waals surface area contributed by atoms with Gasteiger partial charge in [-0.3, -0.25) is 4.72 Å². The number of benzene rings is 2. The van der Waals surface area contributed by atoms with Crippen LogP contribution >= 0.6 is 11.6 Å². The van der Waals surface area contributed by atoms with Gasteiger partial charge in [0.05, 0.1) is 23.5 Å². The summed E-state index contributed by atoms with van der Waals surface area (Å²) in [5.74, 6) is 0.535. The van der Waals surface area contributed by atoms with E-state index < -0.39 is 16.1 Å². The molecule has 2 aromatic carbocycles. The number of aryl methyl sites for hydroxylation is 1. The van der Waals surface area contributed by atoms with Gasteiger partial charge in [0.2, 0.25) is 0 Å². The molecule has 0 saturated carbocycles. The second kappa shape index (κ2) is 12.9. The van der Waals surface area contributed by atoms with E-state index >= 15 is 0 Å². The van der Waals surface area contributed by atoms with Gasteiger partial charge in [0.15, 0.2) is 5.82 Å². The number of aromatic nitrogens is 2. The van der Waals surface area contributed by atoms with Crippen molar-refractivity contribution in [1.29, 1.82) is 0 Å². The van der Waals surface area contributed by atoms with Gasteiger partial charge in [-0.05, 0) is 49.6 Å². The number of nitrogens with two attached hydrogens (primary N) is 1. The maximum Gasteiger partial charge on any atom is 0.407 e. The second-order valence-electron chi connectivity index (χ2n) is 8.06. The van der Waals surface area contributed by atoms with Gasteiger partial charge in [-0.2, -0.15) is 0 Å². The third-order valence-electron chi connectivity index (χ3n) is 5.10. The minimum Gasteiger partial charge on any atom is -0.450 e. The molecule has 0 bridgehead atoms. The molecule has 1 aromatic heterocycles. The van der Waals surface area contributed by atoms with Gasteiger partial charge in [-0.15, -0.1) is 0 Å². The molecule has 0 fully saturated rings. The lowest BCUT2D eigenvalue weighted by atomic mass is 10.2. The molecule has 37 heavy (non-hydrogen) atoms. The van der Waals surface area contributed by atoms with Crippen LogP contribution in [0.1, 0.15) is 31.0 Å². The van der Waals surface area contributed by atoms with E-state index in [1.54, 1.807) is 55.7 Å². The number of nitrogens with one attached hydrogen (secondary N) is 2. The number of ether oxygens (including phenoxy) is 1. The molecule has 1 amide bonds. The third kappa shape index (κ3) is 8.36. The Morgan fingerprint density at radius 1 is 1.16 bits per heavy atom. The van der Waals surface area contributed by atoms with Gasteiger partial charge in [-0.25, -0.2) is 23.2 Å². The number of halogens is 1. The van der Waals surface area contributed by atoms with Crippen LogP contribution in [0.3, 0.4) is 0 Å². The van der Waals surface area contributed by atoms with Crippen LogP contribution in [0.4, 0.5) is 16.3 Å². The summed E-state index contributed by atoms with van der Waals surface area (Å²) >= 11 is 5.91. The summed E-state index contributed by atoms with van der Waals surface area (Å²) < 4.78 is 34.6. The van der Waals surface area contributed by atoms with Crippen molar-refractivity contribution in [2.45, 2.75) is 37.8 Å². The molecule has 12 heteroatoms. The van der Waals surface area contributed by atoms with Gasteiger partial charge in [0, 0.05) is 18.8 Å². The number of sulfonamides is 1. The molecule has 0 saturated heterocycles. The highest BCUT2D eigenvalue weighted by Crippen LogP contribution is 2.23. The summed E-state index contributed by atoms with van der Waals surface area (Å²) in [7, 11) is -3.70. The second-order valence-corrected chi connectivity index (χ2v) is 10.3. The summed E-state index contributed by atoms with van der Waals surface area (Å²) in [4.78, 5) is 20.6. The minimum atomic E-state index is -3.70. The number of carbonyl (C=O) groups is 1. The number of carbonyl (C=O) groups excluding carboxylic acids is 1. The quantitative estimate of drug-likeness (QED) is 0.224. The van der Waals surface area contributed by atoms with Crippen molar-refractivity contribution in [3.63, 3.8) is 0 Å². The topological polar surface area (TPSA) is 141 Å². The summed E-state index contributed by atoms with van der Waals surface area (Å²) in [5, 5.41) is 3.01. The van der Waals surface area contributed by atoms with E-state index in [0.29, 0.717) is 47.5 Å². The van der Waals surface area contributed by atoms with Gasteiger partial charge >= 0.3 is 6.09 Å². The third-order valence-corrected chi connectivity index (χ3v) is 6.58. The Hall–Kier alpha value is -3.83. The summed E-state index contributed by atoms with van der Waals surface area (Å²) in [6, 6.07) is 14.9. The van der Waals surface area contributed by atoms with Crippen LogP contribution in [0.25, 0.3) is 5.70 Å². The fourth-order valence-corrected chi connectivity index (χ4v) is 4.45. The largest absolute Gasteiger partial charge is 0.450 e. The molecule has 0 atom stereocenters. The van der Waals surface area contributed by atoms with Crippen molar-refractivity contribution in [2.75, 3.05) is 11.3 Å². The number of aliphatic imine (C=N–C) groups is 1. The first kappa shape index (κ1) is 27.8. The van der Waals surface area contributed by atoms with Crippen LogP contribution in [-0.4, -0.2) is 35.8 Å². The number of nitrogens with zero attached hydrogens (tertiary/aromatic N) is 3. The van der Waals surface area contributed by atoms with Crippen LogP contribution in [0.15, 0.2) is 77.4 Å². The Morgan fingerprint density at radius 2 is 1.86 bits per heavy atom. The molecule has 4 N–H and O–H groups in total. The normalized spacial score (nSPS) is 11.7. The number of unbranched alkanes of at least 4 members (excludes halogenated alkanes) is 1. The molecule has 0 spiro atoms.